The SMILES string of the molecule is C\C=C/C=C/C(C)=C/C#N. The van der Waals surface area contributed by atoms with Crippen LogP contribution < -0.4 is 0 Å². The molecule has 0 spiro atoms. The molecule has 0 saturated heterocycles. The maximum atomic E-state index is 8.21. The van der Waals surface area contributed by atoms with Gasteiger partial charge >= 0.3 is 0 Å². The molecule has 0 bridgehead atoms. The van der Waals surface area contributed by atoms with Crippen LogP contribution in [0.4, 0.5) is 0 Å². The molecule has 0 atom stereocenters. The smallest absolute Gasteiger partial charge is 0.0914 e. The van der Waals surface area contributed by atoms with Crippen molar-refractivity contribution in [3.63, 3.8) is 0 Å². The Kier molecular flexibility index (Phi) is 5.09. The van der Waals surface area contributed by atoms with Crippen molar-refractivity contribution in [2.75, 3.05) is 0 Å². The lowest BCUT2D eigenvalue weighted by molar-refractivity contribution is 1.48. The van der Waals surface area contributed by atoms with E-state index in [0.29, 0.717) is 0 Å². The molecule has 0 aromatic rings. The number of hydrogen-bond donors (Lipinski definition) is 0. The number of allylic oxidation sites excluding steroid dienone is 6. The van der Waals surface area contributed by atoms with Gasteiger partial charge < -0.3 is 0 Å². The van der Waals surface area contributed by atoms with Gasteiger partial charge in [0.2, 0.25) is 0 Å². The molecule has 0 radical (unpaired) electrons. The van der Waals surface area contributed by atoms with E-state index in [0.717, 1.165) is 5.57 Å². The highest BCUT2D eigenvalue weighted by Crippen LogP contribution is 1.92. The Morgan fingerprint density at radius 3 is 2.60 bits per heavy atom. The minimum atomic E-state index is 0.973. The van der Waals surface area contributed by atoms with Crippen molar-refractivity contribution in [1.29, 1.82) is 5.26 Å². The van der Waals surface area contributed by atoms with E-state index in [-0.39, 0.29) is 0 Å². The van der Waals surface area contributed by atoms with Gasteiger partial charge in [-0.25, -0.2) is 0 Å². The van der Waals surface area contributed by atoms with Gasteiger partial charge in [-0.3, -0.25) is 0 Å². The quantitative estimate of drug-likeness (QED) is 0.419. The number of nitrogens with zero attached hydrogens (tertiary/aromatic N) is 1. The summed E-state index contributed by atoms with van der Waals surface area (Å²) >= 11 is 0. The van der Waals surface area contributed by atoms with E-state index in [1.807, 2.05) is 44.2 Å². The standard InChI is InChI=1S/C9H11N/c1-3-4-5-6-9(2)7-8-10/h3-7H,1-2H3/b4-3-,6-5+,9-7+. The van der Waals surface area contributed by atoms with Crippen LogP contribution in [0.25, 0.3) is 0 Å². The summed E-state index contributed by atoms with van der Waals surface area (Å²) in [5.41, 5.74) is 0.973. The first-order valence-electron chi connectivity index (χ1n) is 3.17. The Labute approximate surface area is 62.0 Å². The zero-order chi connectivity index (χ0) is 7.82. The molecule has 0 saturated carbocycles. The zero-order valence-corrected chi connectivity index (χ0v) is 6.33. The van der Waals surface area contributed by atoms with Crippen LogP contribution in [-0.4, -0.2) is 0 Å². The summed E-state index contributed by atoms with van der Waals surface area (Å²) in [6.45, 7) is 3.84. The Morgan fingerprint density at radius 2 is 2.10 bits per heavy atom. The minimum Gasteiger partial charge on any atom is -0.193 e. The first-order chi connectivity index (χ1) is 4.81. The maximum absolute atomic E-state index is 8.21. The van der Waals surface area contributed by atoms with E-state index in [1.54, 1.807) is 0 Å². The van der Waals surface area contributed by atoms with Gasteiger partial charge in [-0.05, 0) is 19.4 Å². The topological polar surface area (TPSA) is 23.8 Å². The van der Waals surface area contributed by atoms with Crippen LogP contribution >= 0.6 is 0 Å². The van der Waals surface area contributed by atoms with Crippen LogP contribution in [0.2, 0.25) is 0 Å². The van der Waals surface area contributed by atoms with Crippen molar-refractivity contribution < 1.29 is 0 Å². The lowest BCUT2D eigenvalue weighted by atomic mass is 10.2. The van der Waals surface area contributed by atoms with Gasteiger partial charge in [-0.2, -0.15) is 5.26 Å². The molecule has 0 rings (SSSR count). The van der Waals surface area contributed by atoms with Crippen molar-refractivity contribution in [2.45, 2.75) is 13.8 Å². The van der Waals surface area contributed by atoms with E-state index in [4.69, 9.17) is 5.26 Å². The van der Waals surface area contributed by atoms with E-state index < -0.39 is 0 Å². The summed E-state index contributed by atoms with van der Waals surface area (Å²) in [7, 11) is 0. The molecule has 1 nitrogen and oxygen atoms in total. The van der Waals surface area contributed by atoms with Crippen LogP contribution in [0.1, 0.15) is 13.8 Å². The maximum Gasteiger partial charge on any atom is 0.0914 e. The van der Waals surface area contributed by atoms with Crippen molar-refractivity contribution in [2.24, 2.45) is 0 Å². The zero-order valence-electron chi connectivity index (χ0n) is 6.33. The van der Waals surface area contributed by atoms with Gasteiger partial charge in [-0.15, -0.1) is 0 Å². The Hall–Kier alpha value is -1.29. The molecule has 0 aromatic heterocycles. The highest BCUT2D eigenvalue weighted by atomic mass is 14.2. The largest absolute Gasteiger partial charge is 0.193 e. The highest BCUT2D eigenvalue weighted by Gasteiger charge is 1.75. The second-order valence-corrected chi connectivity index (χ2v) is 1.90. The fourth-order valence-corrected chi connectivity index (χ4v) is 0.468. The van der Waals surface area contributed by atoms with Crippen molar-refractivity contribution >= 4 is 0 Å². The molecule has 0 aliphatic heterocycles. The van der Waals surface area contributed by atoms with E-state index >= 15 is 0 Å². The third-order valence-corrected chi connectivity index (χ3v) is 0.955. The van der Waals surface area contributed by atoms with Crippen molar-refractivity contribution in [3.05, 3.63) is 36.0 Å². The second kappa shape index (κ2) is 5.84. The van der Waals surface area contributed by atoms with Gasteiger partial charge in [0.1, 0.15) is 0 Å². The molecule has 0 unspecified atom stereocenters. The Morgan fingerprint density at radius 1 is 1.40 bits per heavy atom. The van der Waals surface area contributed by atoms with Crippen LogP contribution in [0, 0.1) is 11.3 Å². The molecule has 10 heavy (non-hydrogen) atoms. The molecule has 0 heterocycles. The highest BCUT2D eigenvalue weighted by molar-refractivity contribution is 5.24. The monoisotopic (exact) mass is 133 g/mol. The van der Waals surface area contributed by atoms with Gasteiger partial charge in [0, 0.05) is 6.08 Å². The summed E-state index contributed by atoms with van der Waals surface area (Å²) in [6, 6.07) is 1.96. The molecule has 0 aliphatic carbocycles. The average molecular weight is 133 g/mol. The van der Waals surface area contributed by atoms with Crippen LogP contribution in [0.5, 0.6) is 0 Å². The molecule has 0 aliphatic rings. The number of hydrogen-bond acceptors (Lipinski definition) is 1. The lowest BCUT2D eigenvalue weighted by Crippen LogP contribution is -1.63. The molecule has 0 aromatic carbocycles. The Balaban J connectivity index is 3.92. The summed E-state index contributed by atoms with van der Waals surface area (Å²) in [5.74, 6) is 0. The summed E-state index contributed by atoms with van der Waals surface area (Å²) in [4.78, 5) is 0. The second-order valence-electron chi connectivity index (χ2n) is 1.90. The van der Waals surface area contributed by atoms with E-state index in [9.17, 15) is 0 Å². The van der Waals surface area contributed by atoms with E-state index in [2.05, 4.69) is 0 Å². The first-order valence-corrected chi connectivity index (χ1v) is 3.17. The summed E-state index contributed by atoms with van der Waals surface area (Å²) < 4.78 is 0. The van der Waals surface area contributed by atoms with Crippen LogP contribution in [0.15, 0.2) is 36.0 Å². The molecular formula is C9H11N. The number of nitriles is 1. The van der Waals surface area contributed by atoms with Gasteiger partial charge in [-0.1, -0.05) is 24.3 Å². The van der Waals surface area contributed by atoms with Crippen molar-refractivity contribution in [3.8, 4) is 6.07 Å². The Bertz CT molecular complexity index is 201. The normalized spacial score (nSPS) is 12.7. The van der Waals surface area contributed by atoms with Crippen LogP contribution in [0.3, 0.4) is 0 Å². The fourth-order valence-electron chi connectivity index (χ4n) is 0.468. The molecular weight excluding hydrogens is 122 g/mol. The first kappa shape index (κ1) is 8.71. The molecule has 0 fully saturated rings. The number of rotatable bonds is 2. The summed E-state index contributed by atoms with van der Waals surface area (Å²) in [6.07, 6.45) is 9.18. The lowest BCUT2D eigenvalue weighted by Gasteiger charge is -1.81. The predicted octanol–water partition coefficient (Wildman–Crippen LogP) is 2.59. The molecule has 0 amide bonds. The average Bonchev–Trinajstić information content (AvgIpc) is 1.89. The third kappa shape index (κ3) is 4.86. The fraction of sp³-hybridized carbons (Fsp3) is 0.222. The predicted molar refractivity (Wildman–Crippen MR) is 43.3 cm³/mol. The van der Waals surface area contributed by atoms with Crippen LogP contribution in [-0.2, 0) is 0 Å². The van der Waals surface area contributed by atoms with Gasteiger partial charge in [0.15, 0.2) is 0 Å². The minimum absolute atomic E-state index is 0.973. The van der Waals surface area contributed by atoms with Crippen molar-refractivity contribution in [1.82, 2.24) is 0 Å². The van der Waals surface area contributed by atoms with E-state index in [1.165, 1.54) is 6.08 Å². The molecule has 1 heteroatoms. The van der Waals surface area contributed by atoms with Gasteiger partial charge in [0.25, 0.3) is 0 Å². The van der Waals surface area contributed by atoms with Gasteiger partial charge in [0.05, 0.1) is 6.07 Å². The molecule has 52 valence electrons. The summed E-state index contributed by atoms with van der Waals surface area (Å²) in [5, 5.41) is 8.21. The molecule has 0 N–H and O–H groups in total. The third-order valence-electron chi connectivity index (χ3n) is 0.955.